The average molecular weight is 392 g/mol. The molecule has 0 unspecified atom stereocenters. The van der Waals surface area contributed by atoms with E-state index in [0.29, 0.717) is 5.56 Å². The zero-order chi connectivity index (χ0) is 20.4. The monoisotopic (exact) mass is 391 g/mol. The lowest BCUT2D eigenvalue weighted by molar-refractivity contribution is -0.122. The molecule has 2 aliphatic rings. The van der Waals surface area contributed by atoms with Crippen molar-refractivity contribution in [2.45, 2.75) is 69.9 Å². The van der Waals surface area contributed by atoms with Gasteiger partial charge in [-0.05, 0) is 49.9 Å². The van der Waals surface area contributed by atoms with Gasteiger partial charge in [-0.1, -0.05) is 44.4 Å². The fourth-order valence-electron chi connectivity index (χ4n) is 5.25. The van der Waals surface area contributed by atoms with E-state index in [1.807, 2.05) is 24.3 Å². The molecule has 0 radical (unpaired) electrons. The van der Waals surface area contributed by atoms with Crippen LogP contribution < -0.4 is 5.32 Å². The molecule has 1 fully saturated rings. The van der Waals surface area contributed by atoms with E-state index < -0.39 is 5.54 Å². The van der Waals surface area contributed by atoms with Crippen LogP contribution in [0.1, 0.15) is 74.2 Å². The van der Waals surface area contributed by atoms with Crippen molar-refractivity contribution in [3.63, 3.8) is 0 Å². The normalized spacial score (nSPS) is 21.5. The second-order valence-corrected chi connectivity index (χ2v) is 8.34. The molecule has 2 amide bonds. The van der Waals surface area contributed by atoms with Crippen LogP contribution in [0.3, 0.4) is 0 Å². The SMILES string of the molecule is CC[C@@H](C)N1C(=O)c2ccccc2[C@H](C(=O)Nc2ccncc2)C12CCCCC2. The maximum atomic E-state index is 13.7. The fourth-order valence-corrected chi connectivity index (χ4v) is 5.25. The molecule has 152 valence electrons. The van der Waals surface area contributed by atoms with Crippen molar-refractivity contribution in [2.24, 2.45) is 0 Å². The standard InChI is InChI=1S/C24H29N3O2/c1-3-17(2)27-23(29)20-10-6-5-9-19(20)21(24(27)13-7-4-8-14-24)22(28)26-18-11-15-25-16-12-18/h5-6,9-12,15-17,21H,3-4,7-8,13-14H2,1-2H3,(H,25,26,28)/t17-,21-/m1/s1. The zero-order valence-corrected chi connectivity index (χ0v) is 17.2. The van der Waals surface area contributed by atoms with Gasteiger partial charge in [-0.25, -0.2) is 0 Å². The quantitative estimate of drug-likeness (QED) is 0.817. The molecule has 1 aromatic heterocycles. The van der Waals surface area contributed by atoms with Crippen LogP contribution in [0, 0.1) is 0 Å². The predicted molar refractivity (Wildman–Crippen MR) is 114 cm³/mol. The Morgan fingerprint density at radius 3 is 2.55 bits per heavy atom. The van der Waals surface area contributed by atoms with E-state index in [2.05, 4.69) is 29.0 Å². The lowest BCUT2D eigenvalue weighted by Crippen LogP contribution is -2.64. The molecule has 2 aromatic rings. The first kappa shape index (κ1) is 19.6. The Bertz CT molecular complexity index is 890. The molecule has 1 N–H and O–H groups in total. The van der Waals surface area contributed by atoms with E-state index in [4.69, 9.17) is 0 Å². The molecule has 4 rings (SSSR count). The number of hydrogen-bond acceptors (Lipinski definition) is 3. The molecule has 1 aromatic carbocycles. The number of aromatic nitrogens is 1. The van der Waals surface area contributed by atoms with E-state index in [0.717, 1.165) is 49.8 Å². The molecule has 1 aliphatic heterocycles. The zero-order valence-electron chi connectivity index (χ0n) is 17.2. The van der Waals surface area contributed by atoms with Gasteiger partial charge in [0.2, 0.25) is 5.91 Å². The summed E-state index contributed by atoms with van der Waals surface area (Å²) in [5, 5.41) is 3.10. The van der Waals surface area contributed by atoms with E-state index in [1.54, 1.807) is 24.5 Å². The summed E-state index contributed by atoms with van der Waals surface area (Å²) < 4.78 is 0. The predicted octanol–water partition coefficient (Wildman–Crippen LogP) is 4.76. The van der Waals surface area contributed by atoms with Crippen LogP contribution in [0.2, 0.25) is 0 Å². The van der Waals surface area contributed by atoms with Crippen LogP contribution >= 0.6 is 0 Å². The molecular formula is C24H29N3O2. The lowest BCUT2D eigenvalue weighted by Gasteiger charge is -2.55. The Hall–Kier alpha value is -2.69. The van der Waals surface area contributed by atoms with Crippen molar-refractivity contribution in [2.75, 3.05) is 5.32 Å². The second-order valence-electron chi connectivity index (χ2n) is 8.34. The van der Waals surface area contributed by atoms with Crippen LogP contribution in [-0.2, 0) is 4.79 Å². The van der Waals surface area contributed by atoms with Gasteiger partial charge in [-0.2, -0.15) is 0 Å². The summed E-state index contributed by atoms with van der Waals surface area (Å²) in [5.41, 5.74) is 1.81. The maximum absolute atomic E-state index is 13.7. The molecule has 2 heterocycles. The molecule has 29 heavy (non-hydrogen) atoms. The highest BCUT2D eigenvalue weighted by atomic mass is 16.2. The first-order valence-electron chi connectivity index (χ1n) is 10.7. The molecule has 5 nitrogen and oxygen atoms in total. The van der Waals surface area contributed by atoms with Gasteiger partial charge < -0.3 is 10.2 Å². The van der Waals surface area contributed by atoms with Gasteiger partial charge in [0, 0.05) is 29.7 Å². The molecular weight excluding hydrogens is 362 g/mol. The number of anilines is 1. The van der Waals surface area contributed by atoms with Crippen LogP contribution in [0.15, 0.2) is 48.8 Å². The fraction of sp³-hybridized carbons (Fsp3) is 0.458. The third-order valence-electron chi connectivity index (χ3n) is 6.70. The number of carbonyl (C=O) groups is 2. The minimum atomic E-state index is -0.462. The van der Waals surface area contributed by atoms with Gasteiger partial charge in [-0.3, -0.25) is 14.6 Å². The van der Waals surface area contributed by atoms with Crippen molar-refractivity contribution >= 4 is 17.5 Å². The summed E-state index contributed by atoms with van der Waals surface area (Å²) in [4.78, 5) is 33.4. The summed E-state index contributed by atoms with van der Waals surface area (Å²) in [7, 11) is 0. The van der Waals surface area contributed by atoms with Gasteiger partial charge in [0.05, 0.1) is 11.5 Å². The number of benzene rings is 1. The summed E-state index contributed by atoms with van der Waals surface area (Å²) in [6.45, 7) is 4.22. The third-order valence-corrected chi connectivity index (χ3v) is 6.70. The Labute approximate surface area is 172 Å². The van der Waals surface area contributed by atoms with Crippen LogP contribution in [0.4, 0.5) is 5.69 Å². The van der Waals surface area contributed by atoms with Crippen molar-refractivity contribution in [1.82, 2.24) is 9.88 Å². The van der Waals surface area contributed by atoms with Gasteiger partial charge in [0.1, 0.15) is 0 Å². The molecule has 5 heteroatoms. The first-order chi connectivity index (χ1) is 14.1. The Morgan fingerprint density at radius 1 is 1.17 bits per heavy atom. The average Bonchev–Trinajstić information content (AvgIpc) is 2.75. The van der Waals surface area contributed by atoms with Crippen molar-refractivity contribution in [1.29, 1.82) is 0 Å². The summed E-state index contributed by atoms with van der Waals surface area (Å²) in [6.07, 6.45) is 9.20. The molecule has 0 saturated heterocycles. The number of nitrogens with zero attached hydrogens (tertiary/aromatic N) is 2. The first-order valence-corrected chi connectivity index (χ1v) is 10.7. The minimum absolute atomic E-state index is 0.0358. The summed E-state index contributed by atoms with van der Waals surface area (Å²) >= 11 is 0. The Morgan fingerprint density at radius 2 is 1.86 bits per heavy atom. The number of amides is 2. The van der Waals surface area contributed by atoms with Gasteiger partial charge >= 0.3 is 0 Å². The topological polar surface area (TPSA) is 62.3 Å². The number of nitrogens with one attached hydrogen (secondary N) is 1. The maximum Gasteiger partial charge on any atom is 0.254 e. The second kappa shape index (κ2) is 7.97. The molecule has 1 aliphatic carbocycles. The minimum Gasteiger partial charge on any atom is -0.329 e. The summed E-state index contributed by atoms with van der Waals surface area (Å²) in [6, 6.07) is 11.4. The molecule has 1 spiro atoms. The van der Waals surface area contributed by atoms with Gasteiger partial charge in [0.25, 0.3) is 5.91 Å². The van der Waals surface area contributed by atoms with Crippen LogP contribution in [0.25, 0.3) is 0 Å². The van der Waals surface area contributed by atoms with Gasteiger partial charge in [-0.15, -0.1) is 0 Å². The van der Waals surface area contributed by atoms with Crippen molar-refractivity contribution < 1.29 is 9.59 Å². The lowest BCUT2D eigenvalue weighted by atomic mass is 9.64. The highest BCUT2D eigenvalue weighted by Crippen LogP contribution is 2.50. The van der Waals surface area contributed by atoms with Gasteiger partial charge in [0.15, 0.2) is 0 Å². The highest BCUT2D eigenvalue weighted by molar-refractivity contribution is 6.05. The van der Waals surface area contributed by atoms with E-state index in [1.165, 1.54) is 0 Å². The largest absolute Gasteiger partial charge is 0.329 e. The van der Waals surface area contributed by atoms with Crippen molar-refractivity contribution in [3.8, 4) is 0 Å². The van der Waals surface area contributed by atoms with E-state index >= 15 is 0 Å². The van der Waals surface area contributed by atoms with Crippen LogP contribution in [0.5, 0.6) is 0 Å². The summed E-state index contributed by atoms with van der Waals surface area (Å²) in [5.74, 6) is -0.338. The highest BCUT2D eigenvalue weighted by Gasteiger charge is 2.55. The van der Waals surface area contributed by atoms with E-state index in [-0.39, 0.29) is 23.8 Å². The number of fused-ring (bicyclic) bond motifs is 1. The molecule has 1 saturated carbocycles. The van der Waals surface area contributed by atoms with E-state index in [9.17, 15) is 9.59 Å². The Balaban J connectivity index is 1.85. The Kier molecular flexibility index (Phi) is 5.39. The number of carbonyl (C=O) groups excluding carboxylic acids is 2. The number of hydrogen-bond donors (Lipinski definition) is 1. The molecule has 0 bridgehead atoms. The van der Waals surface area contributed by atoms with Crippen molar-refractivity contribution in [3.05, 3.63) is 59.9 Å². The third kappa shape index (κ3) is 3.33. The number of rotatable bonds is 4. The number of pyridine rings is 1. The van der Waals surface area contributed by atoms with Crippen LogP contribution in [-0.4, -0.2) is 33.3 Å². The molecule has 2 atom stereocenters. The smallest absolute Gasteiger partial charge is 0.254 e.